The highest BCUT2D eigenvalue weighted by atomic mass is 127. The van der Waals surface area contributed by atoms with Crippen LogP contribution in [0.15, 0.2) is 33.7 Å². The molecule has 23 heavy (non-hydrogen) atoms. The lowest BCUT2D eigenvalue weighted by atomic mass is 10.1. The number of aryl methyl sites for hydroxylation is 3. The number of aliphatic imine (C=N–C) groups is 1. The summed E-state index contributed by atoms with van der Waals surface area (Å²) in [6.45, 7) is 6.76. The van der Waals surface area contributed by atoms with Gasteiger partial charge in [0.25, 0.3) is 0 Å². The fourth-order valence-corrected chi connectivity index (χ4v) is 2.19. The van der Waals surface area contributed by atoms with Gasteiger partial charge in [-0.15, -0.1) is 24.0 Å². The fourth-order valence-electron chi connectivity index (χ4n) is 2.19. The van der Waals surface area contributed by atoms with E-state index in [1.807, 2.05) is 26.0 Å². The summed E-state index contributed by atoms with van der Waals surface area (Å²) in [5.41, 5.74) is 2.63. The van der Waals surface area contributed by atoms with Crippen molar-refractivity contribution in [3.8, 4) is 0 Å². The van der Waals surface area contributed by atoms with Gasteiger partial charge in [-0.05, 0) is 44.0 Å². The van der Waals surface area contributed by atoms with Crippen LogP contribution >= 0.6 is 24.0 Å². The molecule has 0 saturated carbocycles. The van der Waals surface area contributed by atoms with Crippen LogP contribution < -0.4 is 10.6 Å². The molecule has 6 heteroatoms. The highest BCUT2D eigenvalue weighted by Crippen LogP contribution is 2.13. The summed E-state index contributed by atoms with van der Waals surface area (Å²) in [5.74, 6) is 2.28. The lowest BCUT2D eigenvalue weighted by molar-refractivity contribution is 0.500. The zero-order chi connectivity index (χ0) is 16.1. The third-order valence-corrected chi connectivity index (χ3v) is 3.51. The summed E-state index contributed by atoms with van der Waals surface area (Å²) < 4.78 is 19.0. The van der Waals surface area contributed by atoms with Gasteiger partial charge in [0, 0.05) is 25.7 Å². The van der Waals surface area contributed by atoms with Crippen molar-refractivity contribution in [2.24, 2.45) is 4.99 Å². The van der Waals surface area contributed by atoms with Crippen LogP contribution in [0.25, 0.3) is 0 Å². The first kappa shape index (κ1) is 19.5. The van der Waals surface area contributed by atoms with E-state index in [0.717, 1.165) is 22.6 Å². The number of nitrogens with zero attached hydrogens (tertiary/aromatic N) is 1. The molecule has 0 amide bonds. The van der Waals surface area contributed by atoms with Gasteiger partial charge in [0.1, 0.15) is 17.3 Å². The average Bonchev–Trinajstić information content (AvgIpc) is 2.81. The van der Waals surface area contributed by atoms with Gasteiger partial charge in [0.05, 0.1) is 0 Å². The highest BCUT2D eigenvalue weighted by Gasteiger charge is 2.06. The van der Waals surface area contributed by atoms with Crippen molar-refractivity contribution in [3.05, 3.63) is 58.3 Å². The first-order valence-corrected chi connectivity index (χ1v) is 7.25. The third-order valence-electron chi connectivity index (χ3n) is 3.51. The summed E-state index contributed by atoms with van der Waals surface area (Å²) in [4.78, 5) is 4.16. The van der Waals surface area contributed by atoms with E-state index in [9.17, 15) is 4.39 Å². The predicted molar refractivity (Wildman–Crippen MR) is 102 cm³/mol. The topological polar surface area (TPSA) is 49.6 Å². The van der Waals surface area contributed by atoms with E-state index in [2.05, 4.69) is 15.6 Å². The summed E-state index contributed by atoms with van der Waals surface area (Å²) in [7, 11) is 1.71. The van der Waals surface area contributed by atoms with Gasteiger partial charge in [-0.3, -0.25) is 4.99 Å². The molecule has 0 unspecified atom stereocenters. The second-order valence-corrected chi connectivity index (χ2v) is 5.30. The van der Waals surface area contributed by atoms with Crippen LogP contribution in [-0.4, -0.2) is 13.0 Å². The maximum atomic E-state index is 13.5. The molecule has 4 nitrogen and oxygen atoms in total. The molecule has 0 bridgehead atoms. The first-order valence-electron chi connectivity index (χ1n) is 7.25. The summed E-state index contributed by atoms with van der Waals surface area (Å²) in [6, 6.07) is 7.23. The molecule has 0 spiro atoms. The number of hydrogen-bond acceptors (Lipinski definition) is 2. The van der Waals surface area contributed by atoms with E-state index in [1.165, 1.54) is 0 Å². The number of furan rings is 1. The van der Waals surface area contributed by atoms with Crippen molar-refractivity contribution >= 4 is 29.9 Å². The Bertz CT molecular complexity index is 682. The van der Waals surface area contributed by atoms with Gasteiger partial charge in [-0.2, -0.15) is 0 Å². The van der Waals surface area contributed by atoms with Crippen LogP contribution in [0.4, 0.5) is 4.39 Å². The molecule has 1 heterocycles. The van der Waals surface area contributed by atoms with Crippen LogP contribution in [0, 0.1) is 26.6 Å². The highest BCUT2D eigenvalue weighted by molar-refractivity contribution is 14.0. The van der Waals surface area contributed by atoms with Gasteiger partial charge in [0.15, 0.2) is 5.96 Å². The quantitative estimate of drug-likeness (QED) is 0.440. The Hall–Kier alpha value is -1.57. The maximum absolute atomic E-state index is 13.5. The predicted octanol–water partition coefficient (Wildman–Crippen LogP) is 3.83. The van der Waals surface area contributed by atoms with E-state index in [4.69, 9.17) is 4.42 Å². The number of halogens is 2. The fraction of sp³-hybridized carbons (Fsp3) is 0.353. The van der Waals surface area contributed by atoms with E-state index < -0.39 is 0 Å². The van der Waals surface area contributed by atoms with Crippen LogP contribution in [0.1, 0.15) is 28.2 Å². The minimum atomic E-state index is -0.188. The molecule has 126 valence electrons. The number of guanidine groups is 1. The van der Waals surface area contributed by atoms with Crippen molar-refractivity contribution in [2.45, 2.75) is 33.9 Å². The normalized spacial score (nSPS) is 11.1. The molecule has 0 radical (unpaired) electrons. The Balaban J connectivity index is 0.00000264. The van der Waals surface area contributed by atoms with Crippen molar-refractivity contribution in [3.63, 3.8) is 0 Å². The molecule has 0 aliphatic carbocycles. The molecule has 1 aromatic carbocycles. The van der Waals surface area contributed by atoms with Gasteiger partial charge in [0.2, 0.25) is 0 Å². The largest absolute Gasteiger partial charge is 0.466 e. The van der Waals surface area contributed by atoms with E-state index in [1.54, 1.807) is 26.1 Å². The van der Waals surface area contributed by atoms with Crippen molar-refractivity contribution in [1.29, 1.82) is 0 Å². The van der Waals surface area contributed by atoms with Crippen LogP contribution in [0.5, 0.6) is 0 Å². The van der Waals surface area contributed by atoms with Gasteiger partial charge in [-0.1, -0.05) is 12.1 Å². The number of hydrogen-bond donors (Lipinski definition) is 2. The average molecular weight is 431 g/mol. The monoisotopic (exact) mass is 431 g/mol. The van der Waals surface area contributed by atoms with Gasteiger partial charge >= 0.3 is 0 Å². The SMILES string of the molecule is CN=C(NCc1ccc(C)c(F)c1)NCc1cc(C)oc1C.I. The van der Waals surface area contributed by atoms with Crippen LogP contribution in [0.3, 0.4) is 0 Å². The Morgan fingerprint density at radius 1 is 1.13 bits per heavy atom. The Kier molecular flexibility index (Phi) is 7.54. The van der Waals surface area contributed by atoms with Crippen LogP contribution in [0.2, 0.25) is 0 Å². The van der Waals surface area contributed by atoms with E-state index >= 15 is 0 Å². The lowest BCUT2D eigenvalue weighted by Crippen LogP contribution is -2.36. The standard InChI is InChI=1S/C17H22FN3O.HI/c1-11-5-6-14(8-16(11)18)9-20-17(19-4)21-10-15-7-12(2)22-13(15)3;/h5-8H,9-10H2,1-4H3,(H2,19,20,21);1H. The maximum Gasteiger partial charge on any atom is 0.191 e. The second-order valence-electron chi connectivity index (χ2n) is 5.30. The minimum Gasteiger partial charge on any atom is -0.466 e. The van der Waals surface area contributed by atoms with E-state index in [-0.39, 0.29) is 29.8 Å². The Labute approximate surface area is 153 Å². The number of rotatable bonds is 4. The molecule has 0 aliphatic heterocycles. The molecule has 2 aromatic rings. The minimum absolute atomic E-state index is 0. The summed E-state index contributed by atoms with van der Waals surface area (Å²) >= 11 is 0. The summed E-state index contributed by atoms with van der Waals surface area (Å²) in [5, 5.41) is 6.39. The summed E-state index contributed by atoms with van der Waals surface area (Å²) in [6.07, 6.45) is 0. The van der Waals surface area contributed by atoms with Gasteiger partial charge in [-0.25, -0.2) is 4.39 Å². The lowest BCUT2D eigenvalue weighted by Gasteiger charge is -2.12. The third kappa shape index (κ3) is 5.53. The smallest absolute Gasteiger partial charge is 0.191 e. The zero-order valence-corrected chi connectivity index (χ0v) is 16.2. The Morgan fingerprint density at radius 3 is 2.39 bits per heavy atom. The number of nitrogens with one attached hydrogen (secondary N) is 2. The second kappa shape index (κ2) is 8.90. The molecular formula is C17H23FIN3O. The molecular weight excluding hydrogens is 408 g/mol. The zero-order valence-electron chi connectivity index (χ0n) is 13.9. The Morgan fingerprint density at radius 2 is 1.83 bits per heavy atom. The number of benzene rings is 1. The molecule has 2 rings (SSSR count). The van der Waals surface area contributed by atoms with Crippen molar-refractivity contribution in [1.82, 2.24) is 10.6 Å². The molecule has 2 N–H and O–H groups in total. The molecule has 1 aromatic heterocycles. The van der Waals surface area contributed by atoms with Gasteiger partial charge < -0.3 is 15.1 Å². The van der Waals surface area contributed by atoms with Crippen molar-refractivity contribution < 1.29 is 8.81 Å². The van der Waals surface area contributed by atoms with Crippen molar-refractivity contribution in [2.75, 3.05) is 7.05 Å². The molecule has 0 fully saturated rings. The first-order chi connectivity index (χ1) is 10.5. The van der Waals surface area contributed by atoms with Crippen LogP contribution in [-0.2, 0) is 13.1 Å². The molecule has 0 atom stereocenters. The van der Waals surface area contributed by atoms with E-state index in [0.29, 0.717) is 24.6 Å². The molecule has 0 saturated heterocycles. The molecule has 0 aliphatic rings.